The molecule has 1 aliphatic carbocycles. The number of aromatic nitrogens is 1. The first-order chi connectivity index (χ1) is 14.6. The molecule has 2 N–H and O–H groups in total. The Labute approximate surface area is 179 Å². The Morgan fingerprint density at radius 2 is 1.83 bits per heavy atom. The average Bonchev–Trinajstić information content (AvgIpc) is 2.76. The molecule has 156 valence electrons. The molecule has 30 heavy (non-hydrogen) atoms. The molecule has 1 fully saturated rings. The number of para-hydroxylation sites is 2. The standard InChI is InChI=1S/C26H31N3O/c1-4-19-11-5-7-13-23(19)27-25-16-21(20-12-6-8-14-24(20)28-25)26(30)29-22-15-9-10-17(2)18(22)3/h5-8,11-14,16-18,22H,4,9-10,15H2,1-3H3,(H,27,28)(H,29,30)/t17-,18+,22-/m1/s1. The highest BCUT2D eigenvalue weighted by Crippen LogP contribution is 2.30. The van der Waals surface area contributed by atoms with E-state index in [-0.39, 0.29) is 11.9 Å². The van der Waals surface area contributed by atoms with E-state index in [0.29, 0.717) is 23.2 Å². The van der Waals surface area contributed by atoms with Crippen molar-refractivity contribution in [2.45, 2.75) is 52.5 Å². The Morgan fingerprint density at radius 3 is 2.67 bits per heavy atom. The maximum Gasteiger partial charge on any atom is 0.252 e. The third kappa shape index (κ3) is 4.18. The van der Waals surface area contributed by atoms with Crippen LogP contribution in [-0.4, -0.2) is 16.9 Å². The second kappa shape index (κ2) is 8.86. The smallest absolute Gasteiger partial charge is 0.252 e. The van der Waals surface area contributed by atoms with Crippen LogP contribution in [0.5, 0.6) is 0 Å². The fourth-order valence-electron chi connectivity index (χ4n) is 4.55. The molecule has 4 nitrogen and oxygen atoms in total. The van der Waals surface area contributed by atoms with Crippen LogP contribution in [0.1, 0.15) is 56.0 Å². The van der Waals surface area contributed by atoms with Crippen LogP contribution in [0.25, 0.3) is 10.9 Å². The number of anilines is 2. The molecule has 0 unspecified atom stereocenters. The second-order valence-corrected chi connectivity index (χ2v) is 8.56. The first kappa shape index (κ1) is 20.4. The van der Waals surface area contributed by atoms with Crippen molar-refractivity contribution in [3.8, 4) is 0 Å². The van der Waals surface area contributed by atoms with Crippen molar-refractivity contribution in [2.24, 2.45) is 11.8 Å². The molecule has 1 amide bonds. The summed E-state index contributed by atoms with van der Waals surface area (Å²) in [5.74, 6) is 1.82. The molecule has 3 atom stereocenters. The van der Waals surface area contributed by atoms with E-state index in [1.807, 2.05) is 42.5 Å². The van der Waals surface area contributed by atoms with Crippen molar-refractivity contribution in [2.75, 3.05) is 5.32 Å². The minimum Gasteiger partial charge on any atom is -0.349 e. The fraction of sp³-hybridized carbons (Fsp3) is 0.385. The minimum atomic E-state index is -0.00798. The zero-order valence-electron chi connectivity index (χ0n) is 18.1. The lowest BCUT2D eigenvalue weighted by Gasteiger charge is -2.34. The maximum atomic E-state index is 13.3. The first-order valence-corrected chi connectivity index (χ1v) is 11.1. The molecule has 1 heterocycles. The summed E-state index contributed by atoms with van der Waals surface area (Å²) < 4.78 is 0. The average molecular weight is 402 g/mol. The van der Waals surface area contributed by atoms with Gasteiger partial charge in [0.2, 0.25) is 0 Å². The van der Waals surface area contributed by atoms with Gasteiger partial charge in [-0.1, -0.05) is 70.0 Å². The third-order valence-electron chi connectivity index (χ3n) is 6.65. The Balaban J connectivity index is 1.67. The number of hydrogen-bond acceptors (Lipinski definition) is 3. The number of pyridine rings is 1. The highest BCUT2D eigenvalue weighted by molar-refractivity contribution is 6.07. The maximum absolute atomic E-state index is 13.3. The molecule has 3 aromatic rings. The van der Waals surface area contributed by atoms with Gasteiger partial charge in [-0.25, -0.2) is 4.98 Å². The normalized spacial score (nSPS) is 21.4. The van der Waals surface area contributed by atoms with Gasteiger partial charge in [0.25, 0.3) is 5.91 Å². The molecule has 2 aromatic carbocycles. The number of carbonyl (C=O) groups excluding carboxylic acids is 1. The molecular weight excluding hydrogens is 370 g/mol. The summed E-state index contributed by atoms with van der Waals surface area (Å²) in [7, 11) is 0. The molecule has 4 rings (SSSR count). The van der Waals surface area contributed by atoms with Crippen LogP contribution in [0.3, 0.4) is 0 Å². The van der Waals surface area contributed by atoms with E-state index in [1.54, 1.807) is 0 Å². The van der Waals surface area contributed by atoms with E-state index in [9.17, 15) is 4.79 Å². The van der Waals surface area contributed by atoms with Crippen LogP contribution < -0.4 is 10.6 Å². The van der Waals surface area contributed by atoms with E-state index in [0.717, 1.165) is 29.4 Å². The SMILES string of the molecule is CCc1ccccc1Nc1cc(C(=O)N[C@@H]2CCC[C@@H](C)[C@@H]2C)c2ccccc2n1. The Kier molecular flexibility index (Phi) is 6.03. The van der Waals surface area contributed by atoms with Gasteiger partial charge in [-0.3, -0.25) is 4.79 Å². The quantitative estimate of drug-likeness (QED) is 0.543. The Hall–Kier alpha value is -2.88. The van der Waals surface area contributed by atoms with E-state index >= 15 is 0 Å². The molecule has 0 saturated heterocycles. The lowest BCUT2D eigenvalue weighted by molar-refractivity contribution is 0.0892. The number of rotatable bonds is 5. The van der Waals surface area contributed by atoms with Gasteiger partial charge < -0.3 is 10.6 Å². The lowest BCUT2D eigenvalue weighted by atomic mass is 9.78. The summed E-state index contributed by atoms with van der Waals surface area (Å²) in [6.07, 6.45) is 4.40. The van der Waals surface area contributed by atoms with Crippen LogP contribution in [0.4, 0.5) is 11.5 Å². The third-order valence-corrected chi connectivity index (χ3v) is 6.65. The number of hydrogen-bond donors (Lipinski definition) is 2. The van der Waals surface area contributed by atoms with Crippen molar-refractivity contribution >= 4 is 28.3 Å². The predicted octanol–water partition coefficient (Wildman–Crippen LogP) is 6.10. The highest BCUT2D eigenvalue weighted by Gasteiger charge is 2.29. The number of nitrogens with one attached hydrogen (secondary N) is 2. The minimum absolute atomic E-state index is 0.00798. The van der Waals surface area contributed by atoms with Gasteiger partial charge in [-0.15, -0.1) is 0 Å². The van der Waals surface area contributed by atoms with Gasteiger partial charge >= 0.3 is 0 Å². The van der Waals surface area contributed by atoms with E-state index in [1.165, 1.54) is 18.4 Å². The van der Waals surface area contributed by atoms with Crippen molar-refractivity contribution in [1.29, 1.82) is 0 Å². The Bertz CT molecular complexity index is 1050. The van der Waals surface area contributed by atoms with E-state index in [4.69, 9.17) is 4.98 Å². The highest BCUT2D eigenvalue weighted by atomic mass is 16.1. The first-order valence-electron chi connectivity index (χ1n) is 11.1. The van der Waals surface area contributed by atoms with Crippen LogP contribution in [-0.2, 0) is 6.42 Å². The van der Waals surface area contributed by atoms with Gasteiger partial charge in [0, 0.05) is 17.1 Å². The molecule has 1 aromatic heterocycles. The molecule has 0 aliphatic heterocycles. The number of carbonyl (C=O) groups is 1. The summed E-state index contributed by atoms with van der Waals surface area (Å²) in [4.78, 5) is 18.1. The summed E-state index contributed by atoms with van der Waals surface area (Å²) >= 11 is 0. The van der Waals surface area contributed by atoms with Crippen LogP contribution >= 0.6 is 0 Å². The lowest BCUT2D eigenvalue weighted by Crippen LogP contribution is -2.43. The largest absolute Gasteiger partial charge is 0.349 e. The van der Waals surface area contributed by atoms with E-state index < -0.39 is 0 Å². The van der Waals surface area contributed by atoms with Crippen molar-refractivity contribution in [3.63, 3.8) is 0 Å². The Morgan fingerprint density at radius 1 is 1.07 bits per heavy atom. The van der Waals surface area contributed by atoms with Crippen molar-refractivity contribution in [1.82, 2.24) is 10.3 Å². The number of fused-ring (bicyclic) bond motifs is 1. The second-order valence-electron chi connectivity index (χ2n) is 8.56. The summed E-state index contributed by atoms with van der Waals surface area (Å²) in [5.41, 5.74) is 3.77. The van der Waals surface area contributed by atoms with Crippen molar-refractivity contribution < 1.29 is 4.79 Å². The summed E-state index contributed by atoms with van der Waals surface area (Å²) in [6.45, 7) is 6.69. The monoisotopic (exact) mass is 401 g/mol. The summed E-state index contributed by atoms with van der Waals surface area (Å²) in [5, 5.41) is 7.66. The van der Waals surface area contributed by atoms with E-state index in [2.05, 4.69) is 43.5 Å². The molecule has 0 spiro atoms. The van der Waals surface area contributed by atoms with Gasteiger partial charge in [0.1, 0.15) is 5.82 Å². The van der Waals surface area contributed by atoms with Gasteiger partial charge in [0.15, 0.2) is 0 Å². The van der Waals surface area contributed by atoms with Crippen LogP contribution in [0.15, 0.2) is 54.6 Å². The number of aryl methyl sites for hydroxylation is 1. The molecular formula is C26H31N3O. The van der Waals surface area contributed by atoms with Crippen LogP contribution in [0.2, 0.25) is 0 Å². The number of amides is 1. The summed E-state index contributed by atoms with van der Waals surface area (Å²) in [6, 6.07) is 18.2. The molecule has 1 aliphatic rings. The van der Waals surface area contributed by atoms with Crippen LogP contribution in [0, 0.1) is 11.8 Å². The number of nitrogens with zero attached hydrogens (tertiary/aromatic N) is 1. The number of benzene rings is 2. The van der Waals surface area contributed by atoms with Gasteiger partial charge in [-0.2, -0.15) is 0 Å². The zero-order valence-corrected chi connectivity index (χ0v) is 18.1. The van der Waals surface area contributed by atoms with Crippen molar-refractivity contribution in [3.05, 3.63) is 65.7 Å². The fourth-order valence-corrected chi connectivity index (χ4v) is 4.55. The molecule has 0 bridgehead atoms. The predicted molar refractivity (Wildman–Crippen MR) is 124 cm³/mol. The molecule has 0 radical (unpaired) electrons. The van der Waals surface area contributed by atoms with Gasteiger partial charge in [-0.05, 0) is 48.4 Å². The molecule has 1 saturated carbocycles. The topological polar surface area (TPSA) is 54.0 Å². The zero-order chi connectivity index (χ0) is 21.1. The van der Waals surface area contributed by atoms with Gasteiger partial charge in [0.05, 0.1) is 11.1 Å². The molecule has 4 heteroatoms.